The molecule has 0 aliphatic heterocycles. The van der Waals surface area contributed by atoms with Gasteiger partial charge in [0.15, 0.2) is 0 Å². The number of nitrogens with zero attached hydrogens (tertiary/aromatic N) is 2. The number of hydrogen-bond donors (Lipinski definition) is 4. The van der Waals surface area contributed by atoms with Crippen LogP contribution in [0.3, 0.4) is 0 Å². The zero-order valence-corrected chi connectivity index (χ0v) is 15.3. The summed E-state index contributed by atoms with van der Waals surface area (Å²) in [6, 6.07) is 0. The molecule has 0 aromatic carbocycles. The maximum Gasteiger partial charge on any atom is 0.209 e. The fourth-order valence-electron chi connectivity index (χ4n) is 6.88. The van der Waals surface area contributed by atoms with Gasteiger partial charge in [0.2, 0.25) is 11.9 Å². The third-order valence-electron chi connectivity index (χ3n) is 6.64. The van der Waals surface area contributed by atoms with Gasteiger partial charge in [0.25, 0.3) is 0 Å². The van der Waals surface area contributed by atoms with E-state index in [9.17, 15) is 0 Å². The summed E-state index contributed by atoms with van der Waals surface area (Å²) in [7, 11) is 0. The SMILES string of the molecule is CCCCCC12CC3CC(C)(C1)CC(N(N=C(N)N)C(=N)N)(C3)C2. The molecule has 7 N–H and O–H groups in total. The van der Waals surface area contributed by atoms with Gasteiger partial charge >= 0.3 is 0 Å². The smallest absolute Gasteiger partial charge is 0.209 e. The first-order valence-electron chi connectivity index (χ1n) is 9.45. The summed E-state index contributed by atoms with van der Waals surface area (Å²) < 4.78 is 0. The Morgan fingerprint density at radius 1 is 1.12 bits per heavy atom. The molecule has 6 nitrogen and oxygen atoms in total. The molecule has 0 heterocycles. The van der Waals surface area contributed by atoms with E-state index in [4.69, 9.17) is 22.6 Å². The van der Waals surface area contributed by atoms with Gasteiger partial charge in [-0.3, -0.25) is 5.41 Å². The molecule has 4 atom stereocenters. The molecule has 4 fully saturated rings. The van der Waals surface area contributed by atoms with Crippen molar-refractivity contribution in [2.24, 2.45) is 39.1 Å². The zero-order valence-electron chi connectivity index (χ0n) is 15.3. The van der Waals surface area contributed by atoms with Gasteiger partial charge in [-0.1, -0.05) is 33.1 Å². The molecule has 0 amide bonds. The van der Waals surface area contributed by atoms with Crippen LogP contribution in [-0.4, -0.2) is 22.5 Å². The lowest BCUT2D eigenvalue weighted by molar-refractivity contribution is -0.155. The Hall–Kier alpha value is -1.46. The molecule has 0 aromatic heterocycles. The van der Waals surface area contributed by atoms with E-state index < -0.39 is 0 Å². The number of guanidine groups is 2. The fraction of sp³-hybridized carbons (Fsp3) is 0.889. The average Bonchev–Trinajstić information content (AvgIpc) is 2.41. The number of nitrogens with two attached hydrogens (primary N) is 3. The second-order valence-electron chi connectivity index (χ2n) is 9.22. The lowest BCUT2D eigenvalue weighted by atomic mass is 9.41. The van der Waals surface area contributed by atoms with Crippen molar-refractivity contribution in [3.8, 4) is 0 Å². The maximum atomic E-state index is 8.06. The Morgan fingerprint density at radius 3 is 2.46 bits per heavy atom. The molecule has 4 bridgehead atoms. The van der Waals surface area contributed by atoms with E-state index in [1.165, 1.54) is 44.9 Å². The first-order valence-corrected chi connectivity index (χ1v) is 9.45. The molecule has 136 valence electrons. The quantitative estimate of drug-likeness (QED) is 0.258. The van der Waals surface area contributed by atoms with Gasteiger partial charge in [0.1, 0.15) is 0 Å². The van der Waals surface area contributed by atoms with E-state index in [0.717, 1.165) is 19.3 Å². The summed E-state index contributed by atoms with van der Waals surface area (Å²) in [5, 5.41) is 14.0. The summed E-state index contributed by atoms with van der Waals surface area (Å²) in [6.07, 6.45) is 12.3. The van der Waals surface area contributed by atoms with Gasteiger partial charge in [-0.2, -0.15) is 0 Å². The Labute approximate surface area is 145 Å². The fourth-order valence-corrected chi connectivity index (χ4v) is 6.88. The third kappa shape index (κ3) is 2.95. The molecule has 6 heteroatoms. The van der Waals surface area contributed by atoms with E-state index in [1.54, 1.807) is 5.01 Å². The third-order valence-corrected chi connectivity index (χ3v) is 6.64. The Morgan fingerprint density at radius 2 is 1.88 bits per heavy atom. The van der Waals surface area contributed by atoms with Crippen LogP contribution < -0.4 is 17.2 Å². The number of hydrogen-bond acceptors (Lipinski definition) is 2. The van der Waals surface area contributed by atoms with Crippen LogP contribution in [0, 0.1) is 22.2 Å². The summed E-state index contributed by atoms with van der Waals surface area (Å²) >= 11 is 0. The molecular weight excluding hydrogens is 300 g/mol. The molecule has 4 saturated carbocycles. The zero-order chi connectivity index (χ0) is 17.6. The molecule has 0 aromatic rings. The topological polar surface area (TPSA) is 118 Å². The monoisotopic (exact) mass is 334 g/mol. The highest BCUT2D eigenvalue weighted by atomic mass is 15.6. The maximum absolute atomic E-state index is 8.06. The highest BCUT2D eigenvalue weighted by Gasteiger charge is 2.63. The normalized spacial score (nSPS) is 39.7. The van der Waals surface area contributed by atoms with E-state index in [0.29, 0.717) is 16.7 Å². The largest absolute Gasteiger partial charge is 0.369 e. The molecular formula is C18H34N6. The van der Waals surface area contributed by atoms with Gasteiger partial charge in [-0.15, -0.1) is 5.10 Å². The predicted octanol–water partition coefficient (Wildman–Crippen LogP) is 2.68. The van der Waals surface area contributed by atoms with E-state index in [1.807, 2.05) is 0 Å². The Balaban J connectivity index is 1.93. The van der Waals surface area contributed by atoms with Crippen molar-refractivity contribution in [2.75, 3.05) is 0 Å². The van der Waals surface area contributed by atoms with Crippen molar-refractivity contribution in [3.63, 3.8) is 0 Å². The van der Waals surface area contributed by atoms with Gasteiger partial charge in [0.05, 0.1) is 5.54 Å². The van der Waals surface area contributed by atoms with Crippen LogP contribution in [0.4, 0.5) is 0 Å². The van der Waals surface area contributed by atoms with Crippen molar-refractivity contribution < 1.29 is 0 Å². The van der Waals surface area contributed by atoms with Gasteiger partial charge in [0, 0.05) is 0 Å². The van der Waals surface area contributed by atoms with E-state index in [2.05, 4.69) is 18.9 Å². The first kappa shape index (κ1) is 17.4. The standard InChI is InChI=1S/C18H34N6/c1-3-4-5-6-17-8-13-7-16(2,10-17)11-18(9-13,12-17)24(15(21)22)23-14(19)20/h13H,3-12H2,1-2H3,(H3,21,22)(H4,19,20,23). The van der Waals surface area contributed by atoms with Crippen molar-refractivity contribution >= 4 is 11.9 Å². The van der Waals surface area contributed by atoms with Crippen LogP contribution in [0.1, 0.15) is 78.1 Å². The number of hydrazone groups is 1. The molecule has 4 aliphatic carbocycles. The van der Waals surface area contributed by atoms with Crippen LogP contribution in [0.25, 0.3) is 0 Å². The van der Waals surface area contributed by atoms with Crippen molar-refractivity contribution in [2.45, 2.75) is 83.6 Å². The molecule has 0 saturated heterocycles. The van der Waals surface area contributed by atoms with E-state index >= 15 is 0 Å². The van der Waals surface area contributed by atoms with Crippen molar-refractivity contribution in [3.05, 3.63) is 0 Å². The molecule has 4 unspecified atom stereocenters. The molecule has 4 aliphatic rings. The van der Waals surface area contributed by atoms with Gasteiger partial charge in [-0.05, 0) is 61.7 Å². The van der Waals surface area contributed by atoms with Crippen LogP contribution in [0.2, 0.25) is 0 Å². The molecule has 4 rings (SSSR count). The number of rotatable bonds is 6. The second kappa shape index (κ2) is 5.81. The molecule has 24 heavy (non-hydrogen) atoms. The van der Waals surface area contributed by atoms with E-state index in [-0.39, 0.29) is 17.5 Å². The number of unbranched alkanes of at least 4 members (excludes halogenated alkanes) is 2. The van der Waals surface area contributed by atoms with Gasteiger partial charge < -0.3 is 17.2 Å². The highest BCUT2D eigenvalue weighted by Crippen LogP contribution is 2.69. The van der Waals surface area contributed by atoms with Crippen molar-refractivity contribution in [1.29, 1.82) is 5.41 Å². The molecule has 0 radical (unpaired) electrons. The molecule has 0 spiro atoms. The lowest BCUT2D eigenvalue weighted by Crippen LogP contribution is -2.66. The summed E-state index contributed by atoms with van der Waals surface area (Å²) in [5.74, 6) is 0.674. The van der Waals surface area contributed by atoms with Crippen LogP contribution >= 0.6 is 0 Å². The van der Waals surface area contributed by atoms with Crippen molar-refractivity contribution in [1.82, 2.24) is 5.01 Å². The van der Waals surface area contributed by atoms with Gasteiger partial charge in [-0.25, -0.2) is 5.01 Å². The van der Waals surface area contributed by atoms with Crippen LogP contribution in [0.15, 0.2) is 5.10 Å². The number of nitrogens with one attached hydrogen (secondary N) is 1. The summed E-state index contributed by atoms with van der Waals surface area (Å²) in [5.41, 5.74) is 17.7. The average molecular weight is 335 g/mol. The predicted molar refractivity (Wildman–Crippen MR) is 98.2 cm³/mol. The Bertz CT molecular complexity index is 542. The second-order valence-corrected chi connectivity index (χ2v) is 9.22. The van der Waals surface area contributed by atoms with Crippen LogP contribution in [-0.2, 0) is 0 Å². The summed E-state index contributed by atoms with van der Waals surface area (Å²) in [6.45, 7) is 4.69. The minimum Gasteiger partial charge on any atom is -0.369 e. The minimum absolute atomic E-state index is 0.00821. The first-order chi connectivity index (χ1) is 11.2. The van der Waals surface area contributed by atoms with Crippen LogP contribution in [0.5, 0.6) is 0 Å². The Kier molecular flexibility index (Phi) is 4.21. The lowest BCUT2D eigenvalue weighted by Gasteiger charge is -2.67. The highest BCUT2D eigenvalue weighted by molar-refractivity contribution is 5.80. The minimum atomic E-state index is -0.170. The summed E-state index contributed by atoms with van der Waals surface area (Å²) in [4.78, 5) is 0.